The Kier molecular flexibility index (Phi) is 3.80. The molecule has 0 aliphatic carbocycles. The van der Waals surface area contributed by atoms with Gasteiger partial charge in [-0.25, -0.2) is 4.39 Å². The Balaban J connectivity index is 1.82. The van der Waals surface area contributed by atoms with E-state index in [1.807, 2.05) is 0 Å². The van der Waals surface area contributed by atoms with Crippen molar-refractivity contribution in [1.29, 1.82) is 0 Å². The highest BCUT2D eigenvalue weighted by atomic mass is 19.1. The van der Waals surface area contributed by atoms with Crippen LogP contribution in [0.3, 0.4) is 0 Å². The quantitative estimate of drug-likeness (QED) is 0.673. The van der Waals surface area contributed by atoms with Gasteiger partial charge in [-0.3, -0.25) is 10.1 Å². The number of fused-ring (bicyclic) bond motifs is 3. The van der Waals surface area contributed by atoms with Crippen LogP contribution in [0.4, 0.5) is 15.8 Å². The average Bonchev–Trinajstić information content (AvgIpc) is 3.10. The Morgan fingerprint density at radius 1 is 1.28 bits per heavy atom. The summed E-state index contributed by atoms with van der Waals surface area (Å²) in [6, 6.07) is 8.94. The minimum Gasteiger partial charge on any atom is -0.496 e. The number of rotatable bonds is 3. The first-order chi connectivity index (χ1) is 12.1. The summed E-state index contributed by atoms with van der Waals surface area (Å²) in [6.45, 7) is 0.570. The summed E-state index contributed by atoms with van der Waals surface area (Å²) >= 11 is 0. The molecule has 0 unspecified atom stereocenters. The number of nitrogens with zero attached hydrogens (tertiary/aromatic N) is 1. The first-order valence-electron chi connectivity index (χ1n) is 8.08. The summed E-state index contributed by atoms with van der Waals surface area (Å²) in [6.07, 6.45) is 0.547. The van der Waals surface area contributed by atoms with E-state index in [-0.39, 0.29) is 29.6 Å². The third-order valence-electron chi connectivity index (χ3n) is 4.96. The van der Waals surface area contributed by atoms with E-state index in [1.54, 1.807) is 25.3 Å². The lowest BCUT2D eigenvalue weighted by molar-refractivity contribution is -0.385. The maximum Gasteiger partial charge on any atom is 0.270 e. The number of nitro benzene ring substituents is 1. The van der Waals surface area contributed by atoms with Crippen LogP contribution in [-0.2, 0) is 4.74 Å². The molecule has 6 nitrogen and oxygen atoms in total. The van der Waals surface area contributed by atoms with Gasteiger partial charge in [0.05, 0.1) is 24.2 Å². The molecule has 0 spiro atoms. The average molecular weight is 344 g/mol. The van der Waals surface area contributed by atoms with E-state index in [4.69, 9.17) is 9.47 Å². The van der Waals surface area contributed by atoms with Crippen molar-refractivity contribution in [2.24, 2.45) is 5.92 Å². The standard InChI is InChI=1S/C18H17FN2O4/c1-24-16-5-3-11(21(22)23)9-14(16)17-12-6-7-25-18(12)13-8-10(19)2-4-15(13)20-17/h2-5,8-9,12,17-18,20H,6-7H2,1H3/t12-,17-,18-/m1/s1. The van der Waals surface area contributed by atoms with Crippen LogP contribution in [0.15, 0.2) is 36.4 Å². The number of ether oxygens (including phenoxy) is 2. The van der Waals surface area contributed by atoms with Gasteiger partial charge >= 0.3 is 0 Å². The largest absolute Gasteiger partial charge is 0.496 e. The van der Waals surface area contributed by atoms with Crippen molar-refractivity contribution in [1.82, 2.24) is 0 Å². The second kappa shape index (κ2) is 6.00. The number of nitrogens with one attached hydrogen (secondary N) is 1. The van der Waals surface area contributed by atoms with Crippen molar-refractivity contribution in [3.8, 4) is 5.75 Å². The molecule has 1 N–H and O–H groups in total. The maximum atomic E-state index is 13.7. The first-order valence-corrected chi connectivity index (χ1v) is 8.08. The molecule has 4 rings (SSSR count). The number of hydrogen-bond donors (Lipinski definition) is 1. The van der Waals surface area contributed by atoms with Gasteiger partial charge in [0, 0.05) is 41.5 Å². The molecule has 2 aromatic rings. The highest BCUT2D eigenvalue weighted by molar-refractivity contribution is 5.59. The van der Waals surface area contributed by atoms with E-state index in [0.717, 1.165) is 17.7 Å². The van der Waals surface area contributed by atoms with Gasteiger partial charge in [-0.05, 0) is 30.7 Å². The molecule has 0 bridgehead atoms. The van der Waals surface area contributed by atoms with Crippen LogP contribution in [0, 0.1) is 21.8 Å². The topological polar surface area (TPSA) is 73.6 Å². The van der Waals surface area contributed by atoms with Crippen LogP contribution in [0.2, 0.25) is 0 Å². The van der Waals surface area contributed by atoms with E-state index >= 15 is 0 Å². The number of nitro groups is 1. The lowest BCUT2D eigenvalue weighted by Crippen LogP contribution is -2.29. The summed E-state index contributed by atoms with van der Waals surface area (Å²) < 4.78 is 24.9. The van der Waals surface area contributed by atoms with Gasteiger partial charge in [0.15, 0.2) is 0 Å². The molecule has 7 heteroatoms. The molecule has 130 valence electrons. The van der Waals surface area contributed by atoms with Gasteiger partial charge in [0.1, 0.15) is 11.6 Å². The summed E-state index contributed by atoms with van der Waals surface area (Å²) in [4.78, 5) is 10.8. The summed E-state index contributed by atoms with van der Waals surface area (Å²) in [5, 5.41) is 14.6. The number of hydrogen-bond acceptors (Lipinski definition) is 5. The molecule has 0 radical (unpaired) electrons. The van der Waals surface area contributed by atoms with Gasteiger partial charge in [-0.2, -0.15) is 0 Å². The molecule has 1 fully saturated rings. The number of methoxy groups -OCH3 is 1. The van der Waals surface area contributed by atoms with Crippen LogP contribution in [-0.4, -0.2) is 18.6 Å². The number of benzene rings is 2. The predicted molar refractivity (Wildman–Crippen MR) is 89.2 cm³/mol. The normalized spacial score (nSPS) is 24.2. The molecular formula is C18H17FN2O4. The molecule has 2 aliphatic heterocycles. The Hall–Kier alpha value is -2.67. The fourth-order valence-electron chi connectivity index (χ4n) is 3.83. The smallest absolute Gasteiger partial charge is 0.270 e. The maximum absolute atomic E-state index is 13.7. The second-order valence-corrected chi connectivity index (χ2v) is 6.28. The molecule has 0 amide bonds. The van der Waals surface area contributed by atoms with Crippen LogP contribution in [0.1, 0.15) is 29.7 Å². The molecule has 2 heterocycles. The van der Waals surface area contributed by atoms with Gasteiger partial charge in [0.25, 0.3) is 5.69 Å². The molecule has 1 saturated heterocycles. The lowest BCUT2D eigenvalue weighted by atomic mass is 9.80. The Morgan fingerprint density at radius 3 is 2.88 bits per heavy atom. The van der Waals surface area contributed by atoms with E-state index in [1.165, 1.54) is 18.2 Å². The Morgan fingerprint density at radius 2 is 2.12 bits per heavy atom. The van der Waals surface area contributed by atoms with Crippen molar-refractivity contribution in [3.63, 3.8) is 0 Å². The zero-order valence-corrected chi connectivity index (χ0v) is 13.6. The third kappa shape index (κ3) is 2.60. The van der Waals surface area contributed by atoms with Crippen molar-refractivity contribution in [2.75, 3.05) is 19.0 Å². The van der Waals surface area contributed by atoms with Gasteiger partial charge in [-0.1, -0.05) is 0 Å². The predicted octanol–water partition coefficient (Wildman–Crippen LogP) is 3.99. The van der Waals surface area contributed by atoms with Gasteiger partial charge in [-0.15, -0.1) is 0 Å². The van der Waals surface area contributed by atoms with E-state index < -0.39 is 4.92 Å². The second-order valence-electron chi connectivity index (χ2n) is 6.28. The molecular weight excluding hydrogens is 327 g/mol. The molecule has 0 saturated carbocycles. The summed E-state index contributed by atoms with van der Waals surface area (Å²) in [5.41, 5.74) is 2.30. The fraction of sp³-hybridized carbons (Fsp3) is 0.333. The molecule has 3 atom stereocenters. The van der Waals surface area contributed by atoms with Crippen molar-refractivity contribution < 1.29 is 18.8 Å². The molecule has 2 aromatic carbocycles. The van der Waals surface area contributed by atoms with Crippen molar-refractivity contribution in [2.45, 2.75) is 18.6 Å². The minimum atomic E-state index is -0.419. The van der Waals surface area contributed by atoms with Gasteiger partial charge < -0.3 is 14.8 Å². The Labute approximate surface area is 143 Å². The number of non-ortho nitro benzene ring substituents is 1. The fourth-order valence-corrected chi connectivity index (χ4v) is 3.83. The van der Waals surface area contributed by atoms with E-state index in [0.29, 0.717) is 17.9 Å². The number of anilines is 1. The zero-order chi connectivity index (χ0) is 17.6. The van der Waals surface area contributed by atoms with Crippen LogP contribution in [0.5, 0.6) is 5.75 Å². The monoisotopic (exact) mass is 344 g/mol. The zero-order valence-electron chi connectivity index (χ0n) is 13.6. The van der Waals surface area contributed by atoms with Crippen molar-refractivity contribution >= 4 is 11.4 Å². The van der Waals surface area contributed by atoms with Crippen molar-refractivity contribution in [3.05, 3.63) is 63.5 Å². The SMILES string of the molecule is COc1ccc([N+](=O)[O-])cc1[C@@H]1Nc2ccc(F)cc2[C@@H]2OCC[C@H]12. The van der Waals surface area contributed by atoms with Crippen LogP contribution < -0.4 is 10.1 Å². The molecule has 25 heavy (non-hydrogen) atoms. The third-order valence-corrected chi connectivity index (χ3v) is 4.96. The molecule has 2 aliphatic rings. The minimum absolute atomic E-state index is 0.0120. The highest BCUT2D eigenvalue weighted by Gasteiger charge is 2.42. The van der Waals surface area contributed by atoms with Gasteiger partial charge in [0.2, 0.25) is 0 Å². The Bertz CT molecular complexity index is 842. The molecule has 0 aromatic heterocycles. The summed E-state index contributed by atoms with van der Waals surface area (Å²) in [7, 11) is 1.54. The highest BCUT2D eigenvalue weighted by Crippen LogP contribution is 2.51. The van der Waals surface area contributed by atoms with Crippen LogP contribution in [0.25, 0.3) is 0 Å². The van der Waals surface area contributed by atoms with Crippen LogP contribution >= 0.6 is 0 Å². The number of halogens is 1. The van der Waals surface area contributed by atoms with E-state index in [9.17, 15) is 14.5 Å². The van der Waals surface area contributed by atoms with E-state index in [2.05, 4.69) is 5.32 Å². The summed E-state index contributed by atoms with van der Waals surface area (Å²) in [5.74, 6) is 0.325. The lowest BCUT2D eigenvalue weighted by Gasteiger charge is -2.36. The first kappa shape index (κ1) is 15.8.